The van der Waals surface area contributed by atoms with Crippen LogP contribution in [0.2, 0.25) is 5.02 Å². The second-order valence-corrected chi connectivity index (χ2v) is 3.60. The predicted molar refractivity (Wildman–Crippen MR) is 57.2 cm³/mol. The molecule has 15 heavy (non-hydrogen) atoms. The average Bonchev–Trinajstić information content (AvgIpc) is 2.58. The molecule has 0 aliphatic rings. The van der Waals surface area contributed by atoms with E-state index in [1.54, 1.807) is 18.3 Å². The minimum absolute atomic E-state index is 0.283. The molecule has 0 aliphatic heterocycles. The van der Waals surface area contributed by atoms with Gasteiger partial charge in [-0.25, -0.2) is 4.39 Å². The van der Waals surface area contributed by atoms with Gasteiger partial charge in [0, 0.05) is 17.4 Å². The molecule has 2 rings (SSSR count). The SMILES string of the molecule is Nc1cccc(F)c1Cn1cc(Cl)cn1. The first kappa shape index (κ1) is 9.98. The molecule has 0 amide bonds. The predicted octanol–water partition coefficient (Wildman–Crippen LogP) is 2.31. The molecule has 3 nitrogen and oxygen atoms in total. The Morgan fingerprint density at radius 2 is 2.27 bits per heavy atom. The summed E-state index contributed by atoms with van der Waals surface area (Å²) in [5.74, 6) is -0.332. The van der Waals surface area contributed by atoms with Crippen molar-refractivity contribution in [1.82, 2.24) is 9.78 Å². The molecule has 1 aromatic carbocycles. The van der Waals surface area contributed by atoms with Crippen LogP contribution in [0, 0.1) is 5.82 Å². The summed E-state index contributed by atoms with van der Waals surface area (Å²) in [4.78, 5) is 0. The third-order valence-electron chi connectivity index (χ3n) is 2.08. The molecule has 0 unspecified atom stereocenters. The van der Waals surface area contributed by atoms with Gasteiger partial charge in [-0.2, -0.15) is 5.10 Å². The summed E-state index contributed by atoms with van der Waals surface area (Å²) in [6, 6.07) is 4.60. The number of nitrogens with two attached hydrogens (primary N) is 1. The minimum atomic E-state index is -0.332. The van der Waals surface area contributed by atoms with Crippen molar-refractivity contribution >= 4 is 17.3 Å². The van der Waals surface area contributed by atoms with Gasteiger partial charge < -0.3 is 5.73 Å². The maximum absolute atomic E-state index is 13.4. The van der Waals surface area contributed by atoms with Crippen LogP contribution in [0.3, 0.4) is 0 Å². The first-order valence-electron chi connectivity index (χ1n) is 4.37. The van der Waals surface area contributed by atoms with Crippen molar-refractivity contribution in [2.75, 3.05) is 5.73 Å². The highest BCUT2D eigenvalue weighted by molar-refractivity contribution is 6.30. The maximum atomic E-state index is 13.4. The van der Waals surface area contributed by atoms with E-state index in [0.717, 1.165) is 0 Å². The van der Waals surface area contributed by atoms with E-state index >= 15 is 0 Å². The zero-order valence-corrected chi connectivity index (χ0v) is 8.58. The molecular weight excluding hydrogens is 217 g/mol. The van der Waals surface area contributed by atoms with Crippen molar-refractivity contribution in [2.45, 2.75) is 6.54 Å². The fourth-order valence-corrected chi connectivity index (χ4v) is 1.49. The summed E-state index contributed by atoms with van der Waals surface area (Å²) in [7, 11) is 0. The van der Waals surface area contributed by atoms with Gasteiger partial charge in [0.1, 0.15) is 5.82 Å². The molecule has 2 N–H and O–H groups in total. The number of rotatable bonds is 2. The Morgan fingerprint density at radius 1 is 1.47 bits per heavy atom. The number of nitrogens with zero attached hydrogens (tertiary/aromatic N) is 2. The number of aromatic nitrogens is 2. The summed E-state index contributed by atoms with van der Waals surface area (Å²) in [5.41, 5.74) is 6.51. The molecule has 78 valence electrons. The number of anilines is 1. The van der Waals surface area contributed by atoms with E-state index in [1.165, 1.54) is 16.9 Å². The molecule has 0 fully saturated rings. The van der Waals surface area contributed by atoms with Gasteiger partial charge in [0.05, 0.1) is 17.8 Å². The van der Waals surface area contributed by atoms with Crippen molar-refractivity contribution in [2.24, 2.45) is 0 Å². The van der Waals surface area contributed by atoms with Gasteiger partial charge in [-0.15, -0.1) is 0 Å². The third kappa shape index (κ3) is 2.10. The highest BCUT2D eigenvalue weighted by Gasteiger charge is 2.07. The molecule has 0 saturated heterocycles. The van der Waals surface area contributed by atoms with E-state index < -0.39 is 0 Å². The van der Waals surface area contributed by atoms with E-state index in [9.17, 15) is 4.39 Å². The quantitative estimate of drug-likeness (QED) is 0.797. The largest absolute Gasteiger partial charge is 0.398 e. The summed E-state index contributed by atoms with van der Waals surface area (Å²) in [6.07, 6.45) is 3.12. The van der Waals surface area contributed by atoms with Gasteiger partial charge >= 0.3 is 0 Å². The van der Waals surface area contributed by atoms with Crippen molar-refractivity contribution in [1.29, 1.82) is 0 Å². The highest BCUT2D eigenvalue weighted by atomic mass is 35.5. The van der Waals surface area contributed by atoms with E-state index in [1.807, 2.05) is 0 Å². The van der Waals surface area contributed by atoms with Crippen LogP contribution >= 0.6 is 11.6 Å². The fraction of sp³-hybridized carbons (Fsp3) is 0.100. The van der Waals surface area contributed by atoms with Crippen LogP contribution in [0.1, 0.15) is 5.56 Å². The van der Waals surface area contributed by atoms with Crippen molar-refractivity contribution in [3.05, 3.63) is 47.0 Å². The molecule has 5 heteroatoms. The number of nitrogen functional groups attached to an aromatic ring is 1. The van der Waals surface area contributed by atoms with Crippen molar-refractivity contribution in [3.8, 4) is 0 Å². The zero-order chi connectivity index (χ0) is 10.8. The van der Waals surface area contributed by atoms with Gasteiger partial charge in [-0.3, -0.25) is 4.68 Å². The normalized spacial score (nSPS) is 10.5. The minimum Gasteiger partial charge on any atom is -0.398 e. The highest BCUT2D eigenvalue weighted by Crippen LogP contribution is 2.17. The summed E-state index contributed by atoms with van der Waals surface area (Å²) < 4.78 is 14.9. The van der Waals surface area contributed by atoms with Crippen LogP contribution in [-0.2, 0) is 6.54 Å². The van der Waals surface area contributed by atoms with Crippen molar-refractivity contribution in [3.63, 3.8) is 0 Å². The number of hydrogen-bond donors (Lipinski definition) is 1. The maximum Gasteiger partial charge on any atom is 0.130 e. The lowest BCUT2D eigenvalue weighted by atomic mass is 10.1. The van der Waals surface area contributed by atoms with Crippen LogP contribution in [-0.4, -0.2) is 9.78 Å². The fourth-order valence-electron chi connectivity index (χ4n) is 1.33. The van der Waals surface area contributed by atoms with Crippen LogP contribution < -0.4 is 5.73 Å². The molecule has 0 atom stereocenters. The smallest absolute Gasteiger partial charge is 0.130 e. The summed E-state index contributed by atoms with van der Waals surface area (Å²) in [5, 5.41) is 4.47. The number of benzene rings is 1. The third-order valence-corrected chi connectivity index (χ3v) is 2.27. The molecule has 0 aliphatic carbocycles. The molecule has 2 aromatic rings. The summed E-state index contributed by atoms with van der Waals surface area (Å²) in [6.45, 7) is 0.283. The Labute approximate surface area is 91.3 Å². The van der Waals surface area contributed by atoms with Gasteiger partial charge in [0.25, 0.3) is 0 Å². The molecule has 0 radical (unpaired) electrons. The van der Waals surface area contributed by atoms with E-state index in [2.05, 4.69) is 5.10 Å². The lowest BCUT2D eigenvalue weighted by molar-refractivity contribution is 0.587. The number of halogens is 2. The second-order valence-electron chi connectivity index (χ2n) is 3.16. The first-order valence-corrected chi connectivity index (χ1v) is 4.75. The topological polar surface area (TPSA) is 43.8 Å². The molecule has 0 spiro atoms. The molecule has 1 heterocycles. The van der Waals surface area contributed by atoms with Crippen LogP contribution in [0.25, 0.3) is 0 Å². The van der Waals surface area contributed by atoms with Gasteiger partial charge in [-0.05, 0) is 12.1 Å². The lowest BCUT2D eigenvalue weighted by Gasteiger charge is -2.06. The van der Waals surface area contributed by atoms with Gasteiger partial charge in [-0.1, -0.05) is 17.7 Å². The van der Waals surface area contributed by atoms with E-state index in [4.69, 9.17) is 17.3 Å². The Balaban J connectivity index is 2.31. The lowest BCUT2D eigenvalue weighted by Crippen LogP contribution is -2.05. The second kappa shape index (κ2) is 3.90. The van der Waals surface area contributed by atoms with E-state index in [0.29, 0.717) is 16.3 Å². The monoisotopic (exact) mass is 225 g/mol. The first-order chi connectivity index (χ1) is 7.16. The molecule has 0 bridgehead atoms. The van der Waals surface area contributed by atoms with Crippen LogP contribution in [0.5, 0.6) is 0 Å². The van der Waals surface area contributed by atoms with Gasteiger partial charge in [0.15, 0.2) is 0 Å². The zero-order valence-electron chi connectivity index (χ0n) is 7.82. The molecular formula is C10H9ClFN3. The van der Waals surface area contributed by atoms with Crippen molar-refractivity contribution < 1.29 is 4.39 Å². The van der Waals surface area contributed by atoms with Crippen LogP contribution in [0.15, 0.2) is 30.6 Å². The average molecular weight is 226 g/mol. The Hall–Kier alpha value is -1.55. The molecule has 1 aromatic heterocycles. The Morgan fingerprint density at radius 3 is 2.87 bits per heavy atom. The number of hydrogen-bond acceptors (Lipinski definition) is 2. The Kier molecular flexibility index (Phi) is 2.60. The molecule has 0 saturated carbocycles. The van der Waals surface area contributed by atoms with Crippen LogP contribution in [0.4, 0.5) is 10.1 Å². The van der Waals surface area contributed by atoms with E-state index in [-0.39, 0.29) is 12.4 Å². The standard InChI is InChI=1S/C10H9ClFN3/c11-7-4-14-15(5-7)6-8-9(12)2-1-3-10(8)13/h1-5H,6,13H2. The summed E-state index contributed by atoms with van der Waals surface area (Å²) >= 11 is 5.70. The van der Waals surface area contributed by atoms with Gasteiger partial charge in [0.2, 0.25) is 0 Å². The Bertz CT molecular complexity index is 461.